The van der Waals surface area contributed by atoms with Gasteiger partial charge in [0.25, 0.3) is 0 Å². The van der Waals surface area contributed by atoms with Gasteiger partial charge in [0.2, 0.25) is 0 Å². The molecule has 1 aromatic carbocycles. The molecule has 3 aromatic rings. The first kappa shape index (κ1) is 9.36. The second kappa shape index (κ2) is 3.61. The van der Waals surface area contributed by atoms with Crippen LogP contribution in [0, 0.1) is 0 Å². The molecule has 0 aliphatic carbocycles. The summed E-state index contributed by atoms with van der Waals surface area (Å²) in [5, 5.41) is 0.686. The lowest BCUT2D eigenvalue weighted by molar-refractivity contribution is 1.33. The second-order valence-corrected chi connectivity index (χ2v) is 3.87. The topological polar surface area (TPSA) is 41.6 Å². The Balaban J connectivity index is 2.34. The van der Waals surface area contributed by atoms with Gasteiger partial charge in [-0.25, -0.2) is 4.98 Å². The van der Waals surface area contributed by atoms with E-state index in [4.69, 9.17) is 11.6 Å². The molecule has 0 saturated heterocycles. The third kappa shape index (κ3) is 1.37. The smallest absolute Gasteiger partial charge is 0.0961 e. The summed E-state index contributed by atoms with van der Waals surface area (Å²) in [7, 11) is 0. The van der Waals surface area contributed by atoms with Crippen LogP contribution in [0.3, 0.4) is 0 Å². The molecule has 0 saturated carbocycles. The Morgan fingerprint density at radius 2 is 2.06 bits per heavy atom. The fourth-order valence-electron chi connectivity index (χ4n) is 1.76. The number of pyridine rings is 1. The molecule has 0 aliphatic rings. The number of rotatable bonds is 1. The molecular weight excluding hydrogens is 222 g/mol. The maximum Gasteiger partial charge on any atom is 0.0961 e. The summed E-state index contributed by atoms with van der Waals surface area (Å²) < 4.78 is 0. The maximum atomic E-state index is 6.15. The average Bonchev–Trinajstić information content (AvgIpc) is 2.77. The number of para-hydroxylation sites is 1. The molecule has 0 fully saturated rings. The molecule has 0 atom stereocenters. The highest BCUT2D eigenvalue weighted by molar-refractivity contribution is 6.33. The third-order valence-electron chi connectivity index (χ3n) is 2.51. The summed E-state index contributed by atoms with van der Waals surface area (Å²) >= 11 is 6.15. The van der Waals surface area contributed by atoms with Gasteiger partial charge in [-0.1, -0.05) is 23.7 Å². The zero-order valence-corrected chi connectivity index (χ0v) is 9.07. The summed E-state index contributed by atoms with van der Waals surface area (Å²) in [4.78, 5) is 11.5. The highest BCUT2D eigenvalue weighted by Crippen LogP contribution is 2.30. The number of hydrogen-bond donors (Lipinski definition) is 1. The minimum atomic E-state index is 0.686. The predicted molar refractivity (Wildman–Crippen MR) is 64.3 cm³/mol. The van der Waals surface area contributed by atoms with Gasteiger partial charge in [0.15, 0.2) is 0 Å². The van der Waals surface area contributed by atoms with E-state index in [1.165, 1.54) is 0 Å². The molecule has 3 rings (SSSR count). The van der Waals surface area contributed by atoms with E-state index in [1.807, 2.05) is 18.2 Å². The van der Waals surface area contributed by atoms with Crippen molar-refractivity contribution in [1.82, 2.24) is 15.0 Å². The lowest BCUT2D eigenvalue weighted by atomic mass is 10.1. The molecule has 0 radical (unpaired) electrons. The number of H-pyrrole nitrogens is 1. The molecule has 4 heteroatoms. The van der Waals surface area contributed by atoms with Crippen molar-refractivity contribution < 1.29 is 0 Å². The van der Waals surface area contributed by atoms with Crippen LogP contribution in [-0.2, 0) is 0 Å². The number of fused-ring (bicyclic) bond motifs is 1. The Labute approximate surface area is 97.1 Å². The van der Waals surface area contributed by atoms with Gasteiger partial charge in [0, 0.05) is 23.5 Å². The van der Waals surface area contributed by atoms with Crippen molar-refractivity contribution in [3.05, 3.63) is 48.0 Å². The number of halogens is 1. The van der Waals surface area contributed by atoms with Crippen LogP contribution in [0.1, 0.15) is 0 Å². The Morgan fingerprint density at radius 1 is 1.12 bits per heavy atom. The van der Waals surface area contributed by atoms with Gasteiger partial charge < -0.3 is 4.98 Å². The highest BCUT2D eigenvalue weighted by atomic mass is 35.5. The number of benzene rings is 1. The lowest BCUT2D eigenvalue weighted by Crippen LogP contribution is -1.83. The van der Waals surface area contributed by atoms with E-state index in [9.17, 15) is 0 Å². The summed E-state index contributed by atoms with van der Waals surface area (Å²) in [5.74, 6) is 0. The zero-order valence-electron chi connectivity index (χ0n) is 8.31. The van der Waals surface area contributed by atoms with Crippen LogP contribution in [0.25, 0.3) is 22.2 Å². The quantitative estimate of drug-likeness (QED) is 0.696. The van der Waals surface area contributed by atoms with Crippen molar-refractivity contribution in [3.8, 4) is 11.1 Å². The van der Waals surface area contributed by atoms with Gasteiger partial charge in [-0.3, -0.25) is 4.98 Å². The normalized spacial score (nSPS) is 10.8. The van der Waals surface area contributed by atoms with Crippen LogP contribution < -0.4 is 0 Å². The summed E-state index contributed by atoms with van der Waals surface area (Å²) in [6, 6.07) is 7.73. The molecule has 0 aliphatic heterocycles. The number of hydrogen-bond acceptors (Lipinski definition) is 2. The molecule has 0 spiro atoms. The van der Waals surface area contributed by atoms with Crippen molar-refractivity contribution in [2.45, 2.75) is 0 Å². The molecule has 2 aromatic heterocycles. The van der Waals surface area contributed by atoms with Crippen molar-refractivity contribution in [2.75, 3.05) is 0 Å². The van der Waals surface area contributed by atoms with Crippen LogP contribution in [-0.4, -0.2) is 15.0 Å². The molecular formula is C12H8ClN3. The molecule has 0 bridgehead atoms. The van der Waals surface area contributed by atoms with Crippen LogP contribution in [0.5, 0.6) is 0 Å². The SMILES string of the molecule is Clc1ccncc1-c1cccc2[nH]cnc12. The molecule has 0 amide bonds. The van der Waals surface area contributed by atoms with Crippen LogP contribution in [0.15, 0.2) is 43.0 Å². The molecule has 16 heavy (non-hydrogen) atoms. The van der Waals surface area contributed by atoms with E-state index in [0.29, 0.717) is 5.02 Å². The standard InChI is InChI=1S/C12H8ClN3/c13-10-4-5-14-6-9(10)8-2-1-3-11-12(8)16-7-15-11/h1-7H,(H,15,16). The maximum absolute atomic E-state index is 6.15. The molecule has 1 N–H and O–H groups in total. The van der Waals surface area contributed by atoms with E-state index in [0.717, 1.165) is 22.2 Å². The van der Waals surface area contributed by atoms with Crippen LogP contribution in [0.4, 0.5) is 0 Å². The van der Waals surface area contributed by atoms with E-state index in [-0.39, 0.29) is 0 Å². The largest absolute Gasteiger partial charge is 0.345 e. The Morgan fingerprint density at radius 3 is 2.94 bits per heavy atom. The van der Waals surface area contributed by atoms with Gasteiger partial charge in [0.1, 0.15) is 0 Å². The third-order valence-corrected chi connectivity index (χ3v) is 2.84. The van der Waals surface area contributed by atoms with E-state index >= 15 is 0 Å². The number of aromatic nitrogens is 3. The predicted octanol–water partition coefficient (Wildman–Crippen LogP) is 3.28. The number of nitrogens with zero attached hydrogens (tertiary/aromatic N) is 2. The first-order valence-electron chi connectivity index (χ1n) is 4.88. The van der Waals surface area contributed by atoms with E-state index in [1.54, 1.807) is 24.8 Å². The number of imidazole rings is 1. The van der Waals surface area contributed by atoms with Crippen molar-refractivity contribution >= 4 is 22.6 Å². The van der Waals surface area contributed by atoms with E-state index in [2.05, 4.69) is 15.0 Å². The number of nitrogens with one attached hydrogen (secondary N) is 1. The fraction of sp³-hybridized carbons (Fsp3) is 0. The lowest BCUT2D eigenvalue weighted by Gasteiger charge is -2.03. The van der Waals surface area contributed by atoms with Gasteiger partial charge >= 0.3 is 0 Å². The minimum absolute atomic E-state index is 0.686. The van der Waals surface area contributed by atoms with Gasteiger partial charge in [-0.15, -0.1) is 0 Å². The van der Waals surface area contributed by atoms with Gasteiger partial charge in [-0.05, 0) is 12.1 Å². The van der Waals surface area contributed by atoms with Crippen molar-refractivity contribution in [3.63, 3.8) is 0 Å². The Bertz CT molecular complexity index is 645. The monoisotopic (exact) mass is 229 g/mol. The van der Waals surface area contributed by atoms with Gasteiger partial charge in [0.05, 0.1) is 22.4 Å². The fourth-order valence-corrected chi connectivity index (χ4v) is 1.97. The average molecular weight is 230 g/mol. The second-order valence-electron chi connectivity index (χ2n) is 3.46. The summed E-state index contributed by atoms with van der Waals surface area (Å²) in [5.41, 5.74) is 3.81. The molecule has 78 valence electrons. The van der Waals surface area contributed by atoms with Crippen LogP contribution >= 0.6 is 11.6 Å². The van der Waals surface area contributed by atoms with Gasteiger partial charge in [-0.2, -0.15) is 0 Å². The first-order chi connectivity index (χ1) is 7.86. The van der Waals surface area contributed by atoms with Crippen molar-refractivity contribution in [2.24, 2.45) is 0 Å². The molecule has 3 nitrogen and oxygen atoms in total. The Hall–Kier alpha value is -1.87. The van der Waals surface area contributed by atoms with E-state index < -0.39 is 0 Å². The minimum Gasteiger partial charge on any atom is -0.345 e. The zero-order chi connectivity index (χ0) is 11.0. The molecule has 0 unspecified atom stereocenters. The summed E-state index contributed by atoms with van der Waals surface area (Å²) in [6.45, 7) is 0. The van der Waals surface area contributed by atoms with Crippen molar-refractivity contribution in [1.29, 1.82) is 0 Å². The first-order valence-corrected chi connectivity index (χ1v) is 5.26. The highest BCUT2D eigenvalue weighted by Gasteiger charge is 2.08. The molecule has 2 heterocycles. The Kier molecular flexibility index (Phi) is 2.11. The number of aromatic amines is 1. The summed E-state index contributed by atoms with van der Waals surface area (Å²) in [6.07, 6.45) is 5.11. The van der Waals surface area contributed by atoms with Crippen LogP contribution in [0.2, 0.25) is 5.02 Å².